The zero-order chi connectivity index (χ0) is 20.3. The second-order valence-electron chi connectivity index (χ2n) is 9.76. The third-order valence-electron chi connectivity index (χ3n) is 7.61. The lowest BCUT2D eigenvalue weighted by molar-refractivity contribution is -0.128. The zero-order valence-corrected chi connectivity index (χ0v) is 17.8. The molecule has 156 valence electrons. The van der Waals surface area contributed by atoms with Gasteiger partial charge in [0.25, 0.3) is 0 Å². The predicted molar refractivity (Wildman–Crippen MR) is 115 cm³/mol. The highest BCUT2D eigenvalue weighted by atomic mass is 16.3. The maximum absolute atomic E-state index is 13.0. The lowest BCUT2D eigenvalue weighted by Gasteiger charge is -2.45. The lowest BCUT2D eigenvalue weighted by Crippen LogP contribution is -2.53. The topological polar surface area (TPSA) is 57.5 Å². The van der Waals surface area contributed by atoms with Crippen LogP contribution in [0, 0.1) is 5.92 Å². The van der Waals surface area contributed by atoms with Crippen LogP contribution in [0.25, 0.3) is 10.9 Å². The molecule has 3 aliphatic rings. The van der Waals surface area contributed by atoms with Gasteiger partial charge in [-0.3, -0.25) is 4.79 Å². The molecule has 1 aliphatic heterocycles. The summed E-state index contributed by atoms with van der Waals surface area (Å²) < 4.78 is 2.40. The van der Waals surface area contributed by atoms with E-state index in [4.69, 9.17) is 0 Å². The van der Waals surface area contributed by atoms with E-state index in [9.17, 15) is 9.90 Å². The molecule has 1 aromatic carbocycles. The first-order chi connectivity index (χ1) is 13.9. The van der Waals surface area contributed by atoms with Crippen LogP contribution < -0.4 is 5.32 Å². The van der Waals surface area contributed by atoms with Crippen molar-refractivity contribution in [3.05, 3.63) is 35.5 Å². The number of nitrogens with one attached hydrogen (secondary N) is 1. The predicted octanol–water partition coefficient (Wildman–Crippen LogP) is 3.21. The summed E-state index contributed by atoms with van der Waals surface area (Å²) in [4.78, 5) is 15.4. The molecule has 1 aromatic heterocycles. The summed E-state index contributed by atoms with van der Waals surface area (Å²) in [6.45, 7) is 5.28. The number of fused-ring (bicyclic) bond motifs is 2. The number of hydrogen-bond acceptors (Lipinski definition) is 3. The first-order valence-electron chi connectivity index (χ1n) is 11.2. The lowest BCUT2D eigenvalue weighted by atomic mass is 9.72. The van der Waals surface area contributed by atoms with Gasteiger partial charge in [-0.05, 0) is 70.2 Å². The van der Waals surface area contributed by atoms with Gasteiger partial charge < -0.3 is 19.9 Å². The number of likely N-dealkylation sites (N-methyl/N-ethyl adjacent to an activating group) is 1. The molecule has 1 saturated carbocycles. The van der Waals surface area contributed by atoms with Gasteiger partial charge in [-0.15, -0.1) is 0 Å². The van der Waals surface area contributed by atoms with Crippen LogP contribution in [-0.4, -0.2) is 52.3 Å². The molecule has 5 heteroatoms. The number of aliphatic hydroxyl groups excluding tert-OH is 1. The number of benzene rings is 1. The van der Waals surface area contributed by atoms with Crippen LogP contribution in [0.3, 0.4) is 0 Å². The smallest absolute Gasteiger partial charge is 0.224 e. The first kappa shape index (κ1) is 19.1. The van der Waals surface area contributed by atoms with Gasteiger partial charge in [0.1, 0.15) is 0 Å². The highest BCUT2D eigenvalue weighted by Gasteiger charge is 2.42. The fourth-order valence-corrected chi connectivity index (χ4v) is 6.10. The van der Waals surface area contributed by atoms with Gasteiger partial charge in [0.2, 0.25) is 5.91 Å². The second kappa shape index (κ2) is 7.13. The molecule has 1 unspecified atom stereocenters. The summed E-state index contributed by atoms with van der Waals surface area (Å²) in [6, 6.07) is 7.53. The minimum atomic E-state index is -0.380. The molecule has 2 aliphatic carbocycles. The molecule has 0 spiro atoms. The highest BCUT2D eigenvalue weighted by molar-refractivity contribution is 5.89. The maximum Gasteiger partial charge on any atom is 0.224 e. The standard InChI is InChI=1S/C24H33N3O2/c1-14(2)27-13-15-11-21-18(17-6-4-8-20(27)23(15)17)10-16(12-26(21)3)24(29)25-19-7-5-9-22(19)28/h4,6,8,13-14,16,18-19,21-22,28H,5,7,9-12H2,1-3H3,(H,25,29)/t16-,18?,19+,21-,22-/m1/s1. The number of carbonyl (C=O) groups is 1. The van der Waals surface area contributed by atoms with E-state index >= 15 is 0 Å². The average molecular weight is 396 g/mol. The van der Waals surface area contributed by atoms with Crippen LogP contribution in [0.2, 0.25) is 0 Å². The van der Waals surface area contributed by atoms with Crippen LogP contribution >= 0.6 is 0 Å². The van der Waals surface area contributed by atoms with E-state index in [1.807, 2.05) is 0 Å². The van der Waals surface area contributed by atoms with E-state index in [0.717, 1.165) is 38.6 Å². The van der Waals surface area contributed by atoms with Crippen LogP contribution in [0.15, 0.2) is 24.4 Å². The maximum atomic E-state index is 13.0. The minimum Gasteiger partial charge on any atom is -0.391 e. The van der Waals surface area contributed by atoms with Gasteiger partial charge in [-0.2, -0.15) is 0 Å². The minimum absolute atomic E-state index is 0.0157. The molecule has 0 bridgehead atoms. The molecule has 1 saturated heterocycles. The fourth-order valence-electron chi connectivity index (χ4n) is 6.10. The van der Waals surface area contributed by atoms with E-state index in [-0.39, 0.29) is 24.0 Å². The number of nitrogens with zero attached hydrogens (tertiary/aromatic N) is 2. The molecule has 5 atom stereocenters. The first-order valence-corrected chi connectivity index (χ1v) is 11.2. The number of aliphatic hydroxyl groups is 1. The normalized spacial score (nSPS) is 32.0. The van der Waals surface area contributed by atoms with E-state index in [1.165, 1.54) is 22.0 Å². The molecule has 29 heavy (non-hydrogen) atoms. The number of hydrogen-bond donors (Lipinski definition) is 2. The van der Waals surface area contributed by atoms with E-state index in [0.29, 0.717) is 18.0 Å². The molecule has 5 rings (SSSR count). The quantitative estimate of drug-likeness (QED) is 0.839. The van der Waals surface area contributed by atoms with E-state index in [2.05, 4.69) is 60.1 Å². The Kier molecular flexibility index (Phi) is 4.71. The monoisotopic (exact) mass is 395 g/mol. The van der Waals surface area contributed by atoms with Gasteiger partial charge in [0.05, 0.1) is 18.1 Å². The number of rotatable bonds is 3. The third-order valence-corrected chi connectivity index (χ3v) is 7.61. The molecule has 2 aromatic rings. The fraction of sp³-hybridized carbons (Fsp3) is 0.625. The largest absolute Gasteiger partial charge is 0.391 e. The van der Waals surface area contributed by atoms with Crippen LogP contribution in [0.4, 0.5) is 0 Å². The van der Waals surface area contributed by atoms with Gasteiger partial charge in [-0.25, -0.2) is 0 Å². The van der Waals surface area contributed by atoms with Gasteiger partial charge in [-0.1, -0.05) is 12.1 Å². The van der Waals surface area contributed by atoms with Gasteiger partial charge in [0, 0.05) is 41.6 Å². The Bertz CT molecular complexity index is 934. The average Bonchev–Trinajstić information content (AvgIpc) is 3.27. The van der Waals surface area contributed by atoms with Crippen molar-refractivity contribution in [1.29, 1.82) is 0 Å². The SMILES string of the molecule is CC(C)n1cc2c3c(cccc31)C1C[C@@H](C(=O)N[C@H]3CCC[C@H]3O)CN(C)[C@@H]1C2. The Balaban J connectivity index is 1.45. The molecule has 5 nitrogen and oxygen atoms in total. The van der Waals surface area contributed by atoms with E-state index < -0.39 is 0 Å². The molecule has 2 N–H and O–H groups in total. The summed E-state index contributed by atoms with van der Waals surface area (Å²) in [7, 11) is 2.17. The number of carbonyl (C=O) groups excluding carboxylic acids is 1. The van der Waals surface area contributed by atoms with Crippen molar-refractivity contribution in [2.45, 2.75) is 76.1 Å². The summed E-state index contributed by atoms with van der Waals surface area (Å²) in [5.74, 6) is 0.495. The Hall–Kier alpha value is -1.85. The van der Waals surface area contributed by atoms with Crippen LogP contribution in [0.1, 0.15) is 62.6 Å². The Morgan fingerprint density at radius 2 is 2.10 bits per heavy atom. The molecule has 2 fully saturated rings. The highest BCUT2D eigenvalue weighted by Crippen LogP contribution is 2.45. The summed E-state index contributed by atoms with van der Waals surface area (Å²) in [5.41, 5.74) is 4.20. The van der Waals surface area contributed by atoms with Crippen molar-refractivity contribution in [2.75, 3.05) is 13.6 Å². The van der Waals surface area contributed by atoms with Crippen molar-refractivity contribution in [3.8, 4) is 0 Å². The second-order valence-corrected chi connectivity index (χ2v) is 9.76. The number of piperidine rings is 1. The van der Waals surface area contributed by atoms with Crippen LogP contribution in [-0.2, 0) is 11.2 Å². The molecule has 1 amide bonds. The van der Waals surface area contributed by atoms with Crippen molar-refractivity contribution in [3.63, 3.8) is 0 Å². The Morgan fingerprint density at radius 3 is 2.83 bits per heavy atom. The summed E-state index contributed by atoms with van der Waals surface area (Å²) >= 11 is 0. The summed E-state index contributed by atoms with van der Waals surface area (Å²) in [5, 5.41) is 14.7. The van der Waals surface area contributed by atoms with E-state index in [1.54, 1.807) is 0 Å². The number of amides is 1. The number of aromatic nitrogens is 1. The van der Waals surface area contributed by atoms with Crippen molar-refractivity contribution in [1.82, 2.24) is 14.8 Å². The summed E-state index contributed by atoms with van der Waals surface area (Å²) in [6.07, 6.45) is 6.63. The van der Waals surface area contributed by atoms with Crippen molar-refractivity contribution in [2.24, 2.45) is 5.92 Å². The zero-order valence-electron chi connectivity index (χ0n) is 17.8. The Labute approximate surface area is 173 Å². The van der Waals surface area contributed by atoms with Crippen LogP contribution in [0.5, 0.6) is 0 Å². The van der Waals surface area contributed by atoms with Gasteiger partial charge >= 0.3 is 0 Å². The Morgan fingerprint density at radius 1 is 1.28 bits per heavy atom. The molecule has 2 heterocycles. The molecular formula is C24H33N3O2. The van der Waals surface area contributed by atoms with Gasteiger partial charge in [0.15, 0.2) is 0 Å². The molecular weight excluding hydrogens is 362 g/mol. The number of likely N-dealkylation sites (tertiary alicyclic amines) is 1. The van der Waals surface area contributed by atoms with Crippen molar-refractivity contribution >= 4 is 16.8 Å². The third kappa shape index (κ3) is 3.10. The van der Waals surface area contributed by atoms with Crippen molar-refractivity contribution < 1.29 is 9.90 Å². The molecule has 0 radical (unpaired) electrons.